The lowest BCUT2D eigenvalue weighted by atomic mass is 10.1. The molecule has 6 heteroatoms. The first kappa shape index (κ1) is 16.5. The summed E-state index contributed by atoms with van der Waals surface area (Å²) >= 11 is 0. The zero-order chi connectivity index (χ0) is 16.3. The van der Waals surface area contributed by atoms with Crippen LogP contribution in [0.3, 0.4) is 0 Å². The van der Waals surface area contributed by atoms with Crippen LogP contribution >= 0.6 is 0 Å². The highest BCUT2D eigenvalue weighted by atomic mass is 16.5. The monoisotopic (exact) mass is 307 g/mol. The van der Waals surface area contributed by atoms with Crippen LogP contribution in [-0.2, 0) is 11.3 Å². The van der Waals surface area contributed by atoms with Gasteiger partial charge in [0.2, 0.25) is 0 Å². The Morgan fingerprint density at radius 3 is 2.86 bits per heavy atom. The Bertz CT molecular complexity index is 597. The lowest BCUT2D eigenvalue weighted by Gasteiger charge is -2.38. The van der Waals surface area contributed by atoms with Gasteiger partial charge in [-0.05, 0) is 38.8 Å². The maximum absolute atomic E-state index is 12.4. The fourth-order valence-electron chi connectivity index (χ4n) is 2.80. The molecular formula is C16H25N3O3. The van der Waals surface area contributed by atoms with E-state index in [4.69, 9.17) is 4.74 Å². The number of amides is 2. The fourth-order valence-corrected chi connectivity index (χ4v) is 2.80. The number of pyridine rings is 1. The molecule has 2 N–H and O–H groups in total. The van der Waals surface area contributed by atoms with Crippen LogP contribution in [-0.4, -0.2) is 41.2 Å². The van der Waals surface area contributed by atoms with E-state index in [9.17, 15) is 9.59 Å². The van der Waals surface area contributed by atoms with E-state index in [0.717, 1.165) is 17.7 Å². The quantitative estimate of drug-likeness (QED) is 0.892. The average molecular weight is 307 g/mol. The normalized spacial score (nSPS) is 21.7. The van der Waals surface area contributed by atoms with Crippen LogP contribution in [0.15, 0.2) is 10.9 Å². The summed E-state index contributed by atoms with van der Waals surface area (Å²) in [6.07, 6.45) is 0.891. The van der Waals surface area contributed by atoms with Gasteiger partial charge in [0, 0.05) is 17.8 Å². The van der Waals surface area contributed by atoms with Crippen molar-refractivity contribution >= 4 is 6.03 Å². The number of hydrogen-bond donors (Lipinski definition) is 2. The molecule has 0 spiro atoms. The van der Waals surface area contributed by atoms with E-state index in [1.165, 1.54) is 0 Å². The SMILES string of the molecule is CC[C@@H]1CO[C@H](C)CN1C(=O)NCc1c(C)cc(C)[nH]c1=O. The zero-order valence-electron chi connectivity index (χ0n) is 13.7. The van der Waals surface area contributed by atoms with Crippen LogP contribution in [0.25, 0.3) is 0 Å². The molecule has 22 heavy (non-hydrogen) atoms. The summed E-state index contributed by atoms with van der Waals surface area (Å²) in [5.74, 6) is 0. The predicted molar refractivity (Wildman–Crippen MR) is 85.0 cm³/mol. The molecule has 0 unspecified atom stereocenters. The van der Waals surface area contributed by atoms with Crippen LogP contribution in [0.5, 0.6) is 0 Å². The Kier molecular flexibility index (Phi) is 5.24. The molecule has 1 fully saturated rings. The van der Waals surface area contributed by atoms with Gasteiger partial charge in [0.1, 0.15) is 0 Å². The number of H-pyrrole nitrogens is 1. The van der Waals surface area contributed by atoms with Crippen molar-refractivity contribution in [2.75, 3.05) is 13.2 Å². The Hall–Kier alpha value is -1.82. The molecule has 1 saturated heterocycles. The minimum absolute atomic E-state index is 0.0399. The van der Waals surface area contributed by atoms with E-state index in [-0.39, 0.29) is 30.3 Å². The summed E-state index contributed by atoms with van der Waals surface area (Å²) in [5, 5.41) is 2.87. The van der Waals surface area contributed by atoms with Gasteiger partial charge in [-0.15, -0.1) is 0 Å². The maximum atomic E-state index is 12.4. The molecule has 2 heterocycles. The van der Waals surface area contributed by atoms with Crippen LogP contribution in [0.4, 0.5) is 4.79 Å². The van der Waals surface area contributed by atoms with E-state index >= 15 is 0 Å². The molecule has 122 valence electrons. The third-order valence-corrected chi connectivity index (χ3v) is 4.11. The van der Waals surface area contributed by atoms with E-state index in [2.05, 4.69) is 10.3 Å². The molecular weight excluding hydrogens is 282 g/mol. The number of carbonyl (C=O) groups is 1. The second-order valence-corrected chi connectivity index (χ2v) is 5.96. The van der Waals surface area contributed by atoms with Crippen molar-refractivity contribution in [3.63, 3.8) is 0 Å². The molecule has 2 rings (SSSR count). The molecule has 0 radical (unpaired) electrons. The van der Waals surface area contributed by atoms with Gasteiger partial charge in [-0.1, -0.05) is 6.92 Å². The summed E-state index contributed by atoms with van der Waals surface area (Å²) in [6.45, 7) is 9.11. The number of aryl methyl sites for hydroxylation is 2. The molecule has 2 atom stereocenters. The molecule has 1 aromatic heterocycles. The van der Waals surface area contributed by atoms with Gasteiger partial charge in [-0.25, -0.2) is 4.79 Å². The van der Waals surface area contributed by atoms with Gasteiger partial charge in [0.25, 0.3) is 5.56 Å². The number of urea groups is 1. The predicted octanol–water partition coefficient (Wildman–Crippen LogP) is 1.70. The van der Waals surface area contributed by atoms with Gasteiger partial charge in [0.15, 0.2) is 0 Å². The lowest BCUT2D eigenvalue weighted by molar-refractivity contribution is -0.0378. The number of hydrogen-bond acceptors (Lipinski definition) is 3. The van der Waals surface area contributed by atoms with Gasteiger partial charge in [-0.2, -0.15) is 0 Å². The van der Waals surface area contributed by atoms with Gasteiger partial charge in [-0.3, -0.25) is 4.79 Å². The molecule has 1 aromatic rings. The van der Waals surface area contributed by atoms with E-state index in [0.29, 0.717) is 18.7 Å². The number of rotatable bonds is 3. The standard InChI is InChI=1S/C16H25N3O3/c1-5-13-9-22-12(4)8-19(13)16(21)17-7-14-10(2)6-11(3)18-15(14)20/h6,12-13H,5,7-9H2,1-4H3,(H,17,21)(H,18,20)/t12-,13-/m1/s1. The van der Waals surface area contributed by atoms with E-state index in [1.807, 2.05) is 38.7 Å². The average Bonchev–Trinajstić information content (AvgIpc) is 2.45. The summed E-state index contributed by atoms with van der Waals surface area (Å²) in [6, 6.07) is 1.86. The van der Waals surface area contributed by atoms with Gasteiger partial charge >= 0.3 is 6.03 Å². The summed E-state index contributed by atoms with van der Waals surface area (Å²) in [4.78, 5) is 29.0. The van der Waals surface area contributed by atoms with Crippen molar-refractivity contribution in [3.05, 3.63) is 33.2 Å². The third kappa shape index (κ3) is 3.68. The summed E-state index contributed by atoms with van der Waals surface area (Å²) < 4.78 is 5.60. The number of carbonyl (C=O) groups excluding carboxylic acids is 1. The van der Waals surface area contributed by atoms with E-state index in [1.54, 1.807) is 0 Å². The van der Waals surface area contributed by atoms with Crippen molar-refractivity contribution in [1.29, 1.82) is 0 Å². The lowest BCUT2D eigenvalue weighted by Crippen LogP contribution is -2.54. The minimum Gasteiger partial charge on any atom is -0.375 e. The topological polar surface area (TPSA) is 74.4 Å². The van der Waals surface area contributed by atoms with Crippen LogP contribution in [0.2, 0.25) is 0 Å². The number of nitrogens with one attached hydrogen (secondary N) is 2. The van der Waals surface area contributed by atoms with Crippen LogP contribution in [0.1, 0.15) is 37.1 Å². The van der Waals surface area contributed by atoms with Crippen molar-refractivity contribution in [2.45, 2.75) is 52.8 Å². The molecule has 6 nitrogen and oxygen atoms in total. The van der Waals surface area contributed by atoms with Gasteiger partial charge < -0.3 is 19.9 Å². The van der Waals surface area contributed by atoms with Crippen molar-refractivity contribution < 1.29 is 9.53 Å². The molecule has 0 aromatic carbocycles. The number of aromatic amines is 1. The van der Waals surface area contributed by atoms with Crippen LogP contribution in [0, 0.1) is 13.8 Å². The van der Waals surface area contributed by atoms with Crippen molar-refractivity contribution in [3.8, 4) is 0 Å². The van der Waals surface area contributed by atoms with Gasteiger partial charge in [0.05, 0.1) is 25.3 Å². The minimum atomic E-state index is -0.139. The first-order valence-electron chi connectivity index (χ1n) is 7.77. The summed E-state index contributed by atoms with van der Waals surface area (Å²) in [5.41, 5.74) is 2.18. The number of morpholine rings is 1. The molecule has 0 bridgehead atoms. The number of aromatic nitrogens is 1. The highest BCUT2D eigenvalue weighted by molar-refractivity contribution is 5.74. The molecule has 2 amide bonds. The Morgan fingerprint density at radius 2 is 2.23 bits per heavy atom. The second-order valence-electron chi connectivity index (χ2n) is 5.96. The first-order valence-corrected chi connectivity index (χ1v) is 7.77. The number of nitrogens with zero attached hydrogens (tertiary/aromatic N) is 1. The maximum Gasteiger partial charge on any atom is 0.318 e. The zero-order valence-corrected chi connectivity index (χ0v) is 13.7. The first-order chi connectivity index (χ1) is 10.4. The fraction of sp³-hybridized carbons (Fsp3) is 0.625. The Balaban J connectivity index is 2.04. The molecule has 0 saturated carbocycles. The smallest absolute Gasteiger partial charge is 0.318 e. The third-order valence-electron chi connectivity index (χ3n) is 4.11. The molecule has 1 aliphatic heterocycles. The highest BCUT2D eigenvalue weighted by Gasteiger charge is 2.29. The van der Waals surface area contributed by atoms with Crippen molar-refractivity contribution in [1.82, 2.24) is 15.2 Å². The largest absolute Gasteiger partial charge is 0.375 e. The molecule has 0 aliphatic carbocycles. The van der Waals surface area contributed by atoms with E-state index < -0.39 is 0 Å². The van der Waals surface area contributed by atoms with Crippen molar-refractivity contribution in [2.24, 2.45) is 0 Å². The second kappa shape index (κ2) is 6.96. The molecule has 1 aliphatic rings. The Labute approximate surface area is 130 Å². The number of ether oxygens (including phenoxy) is 1. The highest BCUT2D eigenvalue weighted by Crippen LogP contribution is 2.14. The van der Waals surface area contributed by atoms with Crippen LogP contribution < -0.4 is 10.9 Å². The summed E-state index contributed by atoms with van der Waals surface area (Å²) in [7, 11) is 0. The Morgan fingerprint density at radius 1 is 1.50 bits per heavy atom.